The summed E-state index contributed by atoms with van der Waals surface area (Å²) < 4.78 is 28.3. The zero-order chi connectivity index (χ0) is 15.6. The van der Waals surface area contributed by atoms with E-state index in [1.165, 1.54) is 6.07 Å². The van der Waals surface area contributed by atoms with Crippen LogP contribution in [-0.4, -0.2) is 35.8 Å². The van der Waals surface area contributed by atoms with E-state index in [2.05, 4.69) is 9.82 Å². The van der Waals surface area contributed by atoms with Crippen molar-refractivity contribution in [2.24, 2.45) is 7.05 Å². The van der Waals surface area contributed by atoms with Gasteiger partial charge in [0, 0.05) is 26.2 Å². The molecule has 2 N–H and O–H groups in total. The molecule has 0 unspecified atom stereocenters. The monoisotopic (exact) mass is 329 g/mol. The first-order valence-electron chi connectivity index (χ1n) is 6.11. The van der Waals surface area contributed by atoms with E-state index in [-0.39, 0.29) is 15.6 Å². The summed E-state index contributed by atoms with van der Waals surface area (Å²) in [5.74, 6) is -1.12. The van der Waals surface area contributed by atoms with Crippen molar-refractivity contribution in [2.45, 2.75) is 17.6 Å². The fourth-order valence-corrected chi connectivity index (χ4v) is 4.23. The summed E-state index contributed by atoms with van der Waals surface area (Å²) in [7, 11) is -1.90. The van der Waals surface area contributed by atoms with Crippen LogP contribution in [0.25, 0.3) is 0 Å². The molecule has 0 aliphatic heterocycles. The lowest BCUT2D eigenvalue weighted by molar-refractivity contribution is 0.0701. The van der Waals surface area contributed by atoms with Crippen LogP contribution in [0.4, 0.5) is 0 Å². The average molecular weight is 329 g/mol. The molecule has 2 rings (SSSR count). The van der Waals surface area contributed by atoms with Gasteiger partial charge in [0.25, 0.3) is 0 Å². The zero-order valence-electron chi connectivity index (χ0n) is 11.5. The summed E-state index contributed by atoms with van der Waals surface area (Å²) in [6, 6.07) is 3.18. The molecule has 0 spiro atoms. The summed E-state index contributed by atoms with van der Waals surface area (Å²) in [5.41, 5.74) is 1.23. The van der Waals surface area contributed by atoms with E-state index in [1.54, 1.807) is 24.9 Å². The fourth-order valence-electron chi connectivity index (χ4n) is 1.78. The number of carboxylic acid groups (broad SMARTS) is 1. The van der Waals surface area contributed by atoms with Crippen LogP contribution >= 0.6 is 11.3 Å². The number of sulfonamides is 1. The summed E-state index contributed by atoms with van der Waals surface area (Å²) in [6.07, 6.45) is 2.25. The molecule has 9 heteroatoms. The number of thiophene rings is 1. The van der Waals surface area contributed by atoms with Crippen LogP contribution in [0.15, 0.2) is 22.5 Å². The molecule has 2 aromatic rings. The summed E-state index contributed by atoms with van der Waals surface area (Å²) in [4.78, 5) is 11.0. The van der Waals surface area contributed by atoms with E-state index in [4.69, 9.17) is 5.11 Å². The van der Waals surface area contributed by atoms with Crippen molar-refractivity contribution in [3.8, 4) is 0 Å². The van der Waals surface area contributed by atoms with Gasteiger partial charge >= 0.3 is 5.97 Å². The third kappa shape index (κ3) is 3.69. The topological polar surface area (TPSA) is 101 Å². The van der Waals surface area contributed by atoms with Gasteiger partial charge < -0.3 is 5.11 Å². The van der Waals surface area contributed by atoms with Crippen molar-refractivity contribution in [3.05, 3.63) is 34.5 Å². The normalized spacial score (nSPS) is 11.7. The second-order valence-electron chi connectivity index (χ2n) is 4.51. The Morgan fingerprint density at radius 3 is 2.76 bits per heavy atom. The largest absolute Gasteiger partial charge is 0.477 e. The highest BCUT2D eigenvalue weighted by Crippen LogP contribution is 2.25. The van der Waals surface area contributed by atoms with Gasteiger partial charge in [0.15, 0.2) is 0 Å². The number of nitrogens with one attached hydrogen (secondary N) is 1. The molecule has 0 aliphatic rings. The predicted octanol–water partition coefficient (Wildman–Crippen LogP) is 1.01. The van der Waals surface area contributed by atoms with Crippen LogP contribution in [0.2, 0.25) is 0 Å². The molecule has 0 aromatic carbocycles. The second kappa shape index (κ2) is 5.96. The van der Waals surface area contributed by atoms with Gasteiger partial charge in [-0.25, -0.2) is 17.9 Å². The van der Waals surface area contributed by atoms with Crippen molar-refractivity contribution >= 4 is 27.3 Å². The van der Waals surface area contributed by atoms with Gasteiger partial charge in [-0.2, -0.15) is 5.10 Å². The first-order chi connectivity index (χ1) is 9.79. The highest BCUT2D eigenvalue weighted by molar-refractivity contribution is 7.91. The van der Waals surface area contributed by atoms with E-state index < -0.39 is 16.0 Å². The molecule has 0 aliphatic carbocycles. The van der Waals surface area contributed by atoms with Gasteiger partial charge in [0.05, 0.1) is 5.69 Å². The van der Waals surface area contributed by atoms with E-state index in [9.17, 15) is 13.2 Å². The van der Waals surface area contributed by atoms with Crippen LogP contribution in [-0.2, 0) is 23.5 Å². The Labute approximate surface area is 126 Å². The Morgan fingerprint density at radius 2 is 2.24 bits per heavy atom. The number of aromatic carboxylic acids is 1. The summed E-state index contributed by atoms with van der Waals surface area (Å²) in [6.45, 7) is 1.78. The lowest BCUT2D eigenvalue weighted by Crippen LogP contribution is -2.25. The third-order valence-electron chi connectivity index (χ3n) is 2.80. The van der Waals surface area contributed by atoms with Gasteiger partial charge in [-0.15, -0.1) is 11.3 Å². The molecular weight excluding hydrogens is 314 g/mol. The molecule has 0 radical (unpaired) electrons. The summed E-state index contributed by atoms with van der Waals surface area (Å²) >= 11 is 0.755. The molecular formula is C12H15N3O4S2. The Kier molecular flexibility index (Phi) is 4.45. The van der Waals surface area contributed by atoms with Gasteiger partial charge in [0.1, 0.15) is 9.09 Å². The maximum atomic E-state index is 12.1. The average Bonchev–Trinajstić information content (AvgIpc) is 2.96. The van der Waals surface area contributed by atoms with Gasteiger partial charge in [0.2, 0.25) is 10.0 Å². The number of rotatable bonds is 6. The molecule has 2 aromatic heterocycles. The van der Waals surface area contributed by atoms with Crippen LogP contribution in [0.3, 0.4) is 0 Å². The number of carboxylic acids is 1. The van der Waals surface area contributed by atoms with Crippen molar-refractivity contribution in [3.63, 3.8) is 0 Å². The molecule has 0 fully saturated rings. The highest BCUT2D eigenvalue weighted by atomic mass is 32.2. The predicted molar refractivity (Wildman–Crippen MR) is 78.1 cm³/mol. The van der Waals surface area contributed by atoms with Crippen molar-refractivity contribution < 1.29 is 18.3 Å². The number of hydrogen-bond donors (Lipinski definition) is 2. The SMILES string of the molecule is Cc1cc(S(=O)(=O)NCCc2ccn(C)n2)sc1C(=O)O. The quantitative estimate of drug-likeness (QED) is 0.823. The molecule has 0 bridgehead atoms. The number of aryl methyl sites for hydroxylation is 2. The molecule has 0 saturated carbocycles. The Bertz CT molecular complexity index is 761. The molecule has 2 heterocycles. The second-order valence-corrected chi connectivity index (χ2v) is 7.56. The lowest BCUT2D eigenvalue weighted by Gasteiger charge is -2.03. The maximum absolute atomic E-state index is 12.1. The zero-order valence-corrected chi connectivity index (χ0v) is 13.2. The van der Waals surface area contributed by atoms with Gasteiger partial charge in [-0.1, -0.05) is 0 Å². The fraction of sp³-hybridized carbons (Fsp3) is 0.333. The standard InChI is InChI=1S/C12H15N3O4S2/c1-8-7-10(20-11(8)12(16)17)21(18,19)13-5-3-9-4-6-15(2)14-9/h4,6-7,13H,3,5H2,1-2H3,(H,16,17). The van der Waals surface area contributed by atoms with Crippen LogP contribution in [0, 0.1) is 6.92 Å². The van der Waals surface area contributed by atoms with Gasteiger partial charge in [-0.05, 0) is 24.6 Å². The number of carbonyl (C=O) groups is 1. The Morgan fingerprint density at radius 1 is 1.52 bits per heavy atom. The van der Waals surface area contributed by atoms with E-state index in [0.717, 1.165) is 17.0 Å². The minimum atomic E-state index is -3.69. The smallest absolute Gasteiger partial charge is 0.346 e. The number of hydrogen-bond acceptors (Lipinski definition) is 5. The molecule has 21 heavy (non-hydrogen) atoms. The minimum absolute atomic E-state index is 0.0124. The molecule has 0 atom stereocenters. The number of nitrogens with zero attached hydrogens (tertiary/aromatic N) is 2. The highest BCUT2D eigenvalue weighted by Gasteiger charge is 2.21. The van der Waals surface area contributed by atoms with E-state index in [1.807, 2.05) is 6.07 Å². The first kappa shape index (κ1) is 15.7. The summed E-state index contributed by atoms with van der Waals surface area (Å²) in [5, 5.41) is 13.1. The van der Waals surface area contributed by atoms with Crippen LogP contribution in [0.1, 0.15) is 20.9 Å². The third-order valence-corrected chi connectivity index (χ3v) is 5.96. The molecule has 7 nitrogen and oxygen atoms in total. The van der Waals surface area contributed by atoms with Gasteiger partial charge in [-0.3, -0.25) is 4.68 Å². The first-order valence-corrected chi connectivity index (χ1v) is 8.41. The van der Waals surface area contributed by atoms with Crippen molar-refractivity contribution in [1.29, 1.82) is 0 Å². The minimum Gasteiger partial charge on any atom is -0.477 e. The van der Waals surface area contributed by atoms with Crippen LogP contribution in [0.5, 0.6) is 0 Å². The molecule has 0 amide bonds. The Balaban J connectivity index is 2.04. The van der Waals surface area contributed by atoms with E-state index in [0.29, 0.717) is 12.0 Å². The van der Waals surface area contributed by atoms with Crippen molar-refractivity contribution in [1.82, 2.24) is 14.5 Å². The lowest BCUT2D eigenvalue weighted by atomic mass is 10.3. The van der Waals surface area contributed by atoms with E-state index >= 15 is 0 Å². The maximum Gasteiger partial charge on any atom is 0.346 e. The molecule has 0 saturated heterocycles. The Hall–Kier alpha value is -1.71. The molecule has 114 valence electrons. The number of aromatic nitrogens is 2. The van der Waals surface area contributed by atoms with Crippen LogP contribution < -0.4 is 4.72 Å². The van der Waals surface area contributed by atoms with Crippen molar-refractivity contribution in [2.75, 3.05) is 6.54 Å².